The third-order valence-corrected chi connectivity index (χ3v) is 3.36. The van der Waals surface area contributed by atoms with Crippen LogP contribution in [-0.2, 0) is 22.5 Å². The molecule has 1 fully saturated rings. The van der Waals surface area contributed by atoms with E-state index in [1.165, 1.54) is 0 Å². The van der Waals surface area contributed by atoms with Gasteiger partial charge in [0.1, 0.15) is 5.60 Å². The van der Waals surface area contributed by atoms with Crippen LogP contribution in [0.4, 0.5) is 4.79 Å². The fraction of sp³-hybridized carbons (Fsp3) is 0.429. The zero-order valence-electron chi connectivity index (χ0n) is 11.3. The molecule has 1 aromatic carbocycles. The first-order chi connectivity index (χ1) is 9.40. The van der Waals surface area contributed by atoms with Crippen molar-refractivity contribution in [1.82, 2.24) is 5.32 Å². The predicted octanol–water partition coefficient (Wildman–Crippen LogP) is 0.682. The molecule has 1 aliphatic rings. The maximum atomic E-state index is 12.0. The highest BCUT2D eigenvalue weighted by Gasteiger charge is 2.48. The van der Waals surface area contributed by atoms with E-state index in [4.69, 9.17) is 15.6 Å². The molecule has 1 saturated heterocycles. The SMILES string of the molecule is C[C@@]1(C(=O)[C@@H](N)Cc2ccc(CNC(=O)O)cc2)CO1. The molecule has 2 rings (SSSR count). The monoisotopic (exact) mass is 278 g/mol. The van der Waals surface area contributed by atoms with Gasteiger partial charge < -0.3 is 20.9 Å². The van der Waals surface area contributed by atoms with E-state index >= 15 is 0 Å². The number of amides is 1. The van der Waals surface area contributed by atoms with Gasteiger partial charge in [0, 0.05) is 6.54 Å². The number of nitrogens with one attached hydrogen (secondary N) is 1. The second-order valence-corrected chi connectivity index (χ2v) is 5.17. The van der Waals surface area contributed by atoms with E-state index in [1.807, 2.05) is 24.3 Å². The zero-order valence-corrected chi connectivity index (χ0v) is 11.3. The number of hydrogen-bond acceptors (Lipinski definition) is 4. The largest absolute Gasteiger partial charge is 0.465 e. The number of ether oxygens (including phenoxy) is 1. The maximum Gasteiger partial charge on any atom is 0.404 e. The number of carboxylic acid groups (broad SMARTS) is 1. The first-order valence-corrected chi connectivity index (χ1v) is 6.39. The summed E-state index contributed by atoms with van der Waals surface area (Å²) in [6.07, 6.45) is -0.607. The molecule has 1 aliphatic heterocycles. The van der Waals surface area contributed by atoms with Crippen molar-refractivity contribution in [2.24, 2.45) is 5.73 Å². The first-order valence-electron chi connectivity index (χ1n) is 6.39. The molecular formula is C14H18N2O4. The van der Waals surface area contributed by atoms with E-state index in [-0.39, 0.29) is 12.3 Å². The lowest BCUT2D eigenvalue weighted by Gasteiger charge is -2.13. The van der Waals surface area contributed by atoms with Crippen LogP contribution in [0.2, 0.25) is 0 Å². The molecule has 0 saturated carbocycles. The Hall–Kier alpha value is -1.92. The lowest BCUT2D eigenvalue weighted by molar-refractivity contribution is -0.124. The standard InChI is InChI=1S/C14H18N2O4/c1-14(8-20-14)12(17)11(15)6-9-2-4-10(5-3-9)7-16-13(18)19/h2-5,11,16H,6-8,15H2,1H3,(H,18,19)/t11-,14-/m0/s1. The van der Waals surface area contributed by atoms with Gasteiger partial charge in [-0.1, -0.05) is 24.3 Å². The Morgan fingerprint density at radius 3 is 2.45 bits per heavy atom. The van der Waals surface area contributed by atoms with Gasteiger partial charge in [0.05, 0.1) is 12.6 Å². The van der Waals surface area contributed by atoms with Crippen LogP contribution >= 0.6 is 0 Å². The van der Waals surface area contributed by atoms with Gasteiger partial charge in [-0.3, -0.25) is 4.79 Å². The smallest absolute Gasteiger partial charge is 0.404 e. The van der Waals surface area contributed by atoms with Gasteiger partial charge in [0.15, 0.2) is 5.78 Å². The Morgan fingerprint density at radius 2 is 1.95 bits per heavy atom. The fourth-order valence-corrected chi connectivity index (χ4v) is 1.96. The van der Waals surface area contributed by atoms with Gasteiger partial charge in [-0.05, 0) is 24.5 Å². The number of nitrogens with two attached hydrogens (primary N) is 1. The summed E-state index contributed by atoms with van der Waals surface area (Å²) < 4.78 is 5.10. The molecule has 0 aliphatic carbocycles. The van der Waals surface area contributed by atoms with E-state index in [2.05, 4.69) is 5.32 Å². The topological polar surface area (TPSA) is 105 Å². The van der Waals surface area contributed by atoms with E-state index in [1.54, 1.807) is 6.92 Å². The molecule has 0 aromatic heterocycles. The highest BCUT2D eigenvalue weighted by Crippen LogP contribution is 2.28. The molecule has 1 amide bonds. The van der Waals surface area contributed by atoms with Gasteiger partial charge in [0.25, 0.3) is 0 Å². The summed E-state index contributed by atoms with van der Waals surface area (Å²) in [4.78, 5) is 22.3. The molecule has 0 spiro atoms. The van der Waals surface area contributed by atoms with Crippen molar-refractivity contribution in [3.8, 4) is 0 Å². The summed E-state index contributed by atoms with van der Waals surface area (Å²) in [5.41, 5.74) is 7.00. The molecule has 20 heavy (non-hydrogen) atoms. The highest BCUT2D eigenvalue weighted by atomic mass is 16.6. The van der Waals surface area contributed by atoms with Gasteiger partial charge in [0.2, 0.25) is 0 Å². The summed E-state index contributed by atoms with van der Waals surface area (Å²) >= 11 is 0. The summed E-state index contributed by atoms with van der Waals surface area (Å²) in [6, 6.07) is 6.75. The minimum absolute atomic E-state index is 0.0749. The number of Topliss-reactive ketones (excluding diaryl/α,β-unsaturated/α-hetero) is 1. The van der Waals surface area contributed by atoms with Gasteiger partial charge >= 0.3 is 6.09 Å². The molecule has 2 atom stereocenters. The lowest BCUT2D eigenvalue weighted by Crippen LogP contribution is -2.40. The molecule has 1 aromatic rings. The van der Waals surface area contributed by atoms with Crippen molar-refractivity contribution in [3.63, 3.8) is 0 Å². The van der Waals surface area contributed by atoms with Crippen LogP contribution in [0.15, 0.2) is 24.3 Å². The Kier molecular flexibility index (Phi) is 4.06. The molecule has 0 unspecified atom stereocenters. The normalized spacial score (nSPS) is 22.1. The number of rotatable bonds is 6. The van der Waals surface area contributed by atoms with Crippen LogP contribution in [0.5, 0.6) is 0 Å². The van der Waals surface area contributed by atoms with Crippen molar-refractivity contribution in [2.75, 3.05) is 6.61 Å². The van der Waals surface area contributed by atoms with Crippen molar-refractivity contribution in [1.29, 1.82) is 0 Å². The van der Waals surface area contributed by atoms with E-state index in [9.17, 15) is 9.59 Å². The fourth-order valence-electron chi connectivity index (χ4n) is 1.96. The molecule has 1 heterocycles. The van der Waals surface area contributed by atoms with Crippen LogP contribution in [0.3, 0.4) is 0 Å². The van der Waals surface area contributed by atoms with Gasteiger partial charge in [-0.25, -0.2) is 4.79 Å². The van der Waals surface area contributed by atoms with Gasteiger partial charge in [-0.2, -0.15) is 0 Å². The third-order valence-electron chi connectivity index (χ3n) is 3.36. The average molecular weight is 278 g/mol. The van der Waals surface area contributed by atoms with Crippen LogP contribution in [0.25, 0.3) is 0 Å². The maximum absolute atomic E-state index is 12.0. The minimum atomic E-state index is -1.06. The second kappa shape index (κ2) is 5.60. The molecule has 108 valence electrons. The molecular weight excluding hydrogens is 260 g/mol. The van der Waals surface area contributed by atoms with Crippen molar-refractivity contribution < 1.29 is 19.4 Å². The lowest BCUT2D eigenvalue weighted by atomic mass is 9.95. The number of carbonyl (C=O) groups is 2. The Morgan fingerprint density at radius 1 is 1.40 bits per heavy atom. The van der Waals surface area contributed by atoms with Crippen molar-refractivity contribution in [3.05, 3.63) is 35.4 Å². The van der Waals surface area contributed by atoms with Crippen LogP contribution in [0.1, 0.15) is 18.1 Å². The van der Waals surface area contributed by atoms with Crippen molar-refractivity contribution >= 4 is 11.9 Å². The number of benzene rings is 1. The second-order valence-electron chi connectivity index (χ2n) is 5.17. The van der Waals surface area contributed by atoms with Crippen LogP contribution in [-0.4, -0.2) is 35.2 Å². The molecule has 0 bridgehead atoms. The average Bonchev–Trinajstić information content (AvgIpc) is 3.16. The molecule has 6 nitrogen and oxygen atoms in total. The summed E-state index contributed by atoms with van der Waals surface area (Å²) in [7, 11) is 0. The summed E-state index contributed by atoms with van der Waals surface area (Å²) in [5, 5.41) is 10.8. The third kappa shape index (κ3) is 3.55. The number of carbonyl (C=O) groups excluding carboxylic acids is 1. The van der Waals surface area contributed by atoms with E-state index in [0.29, 0.717) is 13.0 Å². The number of ketones is 1. The van der Waals surface area contributed by atoms with Crippen LogP contribution < -0.4 is 11.1 Å². The number of epoxide rings is 1. The molecule has 6 heteroatoms. The Labute approximate surface area is 116 Å². The Balaban J connectivity index is 1.90. The van der Waals surface area contributed by atoms with Crippen LogP contribution in [0, 0.1) is 0 Å². The van der Waals surface area contributed by atoms with E-state index < -0.39 is 17.7 Å². The zero-order chi connectivity index (χ0) is 14.8. The van der Waals surface area contributed by atoms with Crippen molar-refractivity contribution in [2.45, 2.75) is 31.5 Å². The number of hydrogen-bond donors (Lipinski definition) is 3. The molecule has 4 N–H and O–H groups in total. The predicted molar refractivity (Wildman–Crippen MR) is 72.3 cm³/mol. The van der Waals surface area contributed by atoms with Gasteiger partial charge in [-0.15, -0.1) is 0 Å². The quantitative estimate of drug-likeness (QED) is 0.664. The minimum Gasteiger partial charge on any atom is -0.465 e. The van der Waals surface area contributed by atoms with E-state index in [0.717, 1.165) is 11.1 Å². The first kappa shape index (κ1) is 14.5. The summed E-state index contributed by atoms with van der Waals surface area (Å²) in [6.45, 7) is 2.45. The summed E-state index contributed by atoms with van der Waals surface area (Å²) in [5.74, 6) is -0.0749. The molecule has 0 radical (unpaired) electrons. The highest BCUT2D eigenvalue weighted by molar-refractivity contribution is 5.93. The Bertz CT molecular complexity index is 508.